The Hall–Kier alpha value is -1.05. The Balaban J connectivity index is 1.93. The van der Waals surface area contributed by atoms with Gasteiger partial charge in [-0.3, -0.25) is 4.79 Å². The largest absolute Gasteiger partial charge is 0.480 e. The number of carbonyl (C=O) groups is 1. The first-order valence-corrected chi connectivity index (χ1v) is 9.16. The van der Waals surface area contributed by atoms with Crippen molar-refractivity contribution in [2.45, 2.75) is 34.7 Å². The molecule has 1 aromatic carbocycles. The number of aliphatic carboxylic acids is 1. The smallest absolute Gasteiger partial charge is 0.321 e. The first-order valence-electron chi connectivity index (χ1n) is 6.28. The highest BCUT2D eigenvalue weighted by Crippen LogP contribution is 2.24. The van der Waals surface area contributed by atoms with Crippen molar-refractivity contribution in [3.8, 4) is 0 Å². The number of carboxylic acid groups (broad SMARTS) is 1. The predicted octanol–water partition coefficient (Wildman–Crippen LogP) is 1.39. The molecular weight excluding hydrogens is 298 g/mol. The Labute approximate surface area is 122 Å². The van der Waals surface area contributed by atoms with Crippen molar-refractivity contribution in [2.24, 2.45) is 0 Å². The fourth-order valence-electron chi connectivity index (χ4n) is 1.69. The maximum atomic E-state index is 11.3. The average Bonchev–Trinajstić information content (AvgIpc) is 3.17. The van der Waals surface area contributed by atoms with Crippen molar-refractivity contribution in [2.75, 3.05) is 12.0 Å². The van der Waals surface area contributed by atoms with E-state index in [0.717, 1.165) is 24.0 Å². The number of thioether (sulfide) groups is 1. The molecule has 1 aliphatic carbocycles. The molecule has 7 heteroatoms. The minimum atomic E-state index is -3.19. The molecule has 0 heterocycles. The second-order valence-corrected chi connectivity index (χ2v) is 8.00. The molecule has 0 radical (unpaired) electrons. The monoisotopic (exact) mass is 315 g/mol. The third-order valence-electron chi connectivity index (χ3n) is 2.98. The van der Waals surface area contributed by atoms with Gasteiger partial charge in [-0.05, 0) is 37.1 Å². The van der Waals surface area contributed by atoms with Gasteiger partial charge < -0.3 is 10.4 Å². The lowest BCUT2D eigenvalue weighted by Crippen LogP contribution is -2.40. The maximum absolute atomic E-state index is 11.3. The zero-order valence-electron chi connectivity index (χ0n) is 11.1. The van der Waals surface area contributed by atoms with Crippen LogP contribution in [0.4, 0.5) is 0 Å². The topological polar surface area (TPSA) is 83.5 Å². The summed E-state index contributed by atoms with van der Waals surface area (Å²) in [6.45, 7) is 0. The normalized spacial score (nSPS) is 16.9. The Morgan fingerprint density at radius 3 is 2.45 bits per heavy atom. The fourth-order valence-corrected chi connectivity index (χ4v) is 3.24. The van der Waals surface area contributed by atoms with Crippen molar-refractivity contribution >= 4 is 27.6 Å². The van der Waals surface area contributed by atoms with Crippen LogP contribution < -0.4 is 5.32 Å². The standard InChI is InChI=1S/C13H17NO4S2/c1-20(17,18)11-6-4-10(5-7-11)19-8-12(13(15)16)14-9-2-3-9/h4-7,9,12,14H,2-3,8H2,1H3,(H,15,16). The molecule has 20 heavy (non-hydrogen) atoms. The highest BCUT2D eigenvalue weighted by Gasteiger charge is 2.28. The summed E-state index contributed by atoms with van der Waals surface area (Å²) in [4.78, 5) is 12.2. The first kappa shape index (κ1) is 15.3. The van der Waals surface area contributed by atoms with E-state index in [4.69, 9.17) is 5.11 Å². The third-order valence-corrected chi connectivity index (χ3v) is 5.21. The summed E-state index contributed by atoms with van der Waals surface area (Å²) in [7, 11) is -3.19. The molecule has 1 unspecified atom stereocenters. The lowest BCUT2D eigenvalue weighted by molar-refractivity contribution is -0.138. The van der Waals surface area contributed by atoms with Crippen LogP contribution in [0.1, 0.15) is 12.8 Å². The van der Waals surface area contributed by atoms with Crippen molar-refractivity contribution in [3.05, 3.63) is 24.3 Å². The Kier molecular flexibility index (Phi) is 4.72. The number of hydrogen-bond acceptors (Lipinski definition) is 5. The van der Waals surface area contributed by atoms with E-state index < -0.39 is 21.8 Å². The van der Waals surface area contributed by atoms with E-state index in [1.54, 1.807) is 24.3 Å². The molecule has 110 valence electrons. The van der Waals surface area contributed by atoms with Gasteiger partial charge in [-0.15, -0.1) is 11.8 Å². The molecule has 1 fully saturated rings. The highest BCUT2D eigenvalue weighted by molar-refractivity contribution is 7.99. The quantitative estimate of drug-likeness (QED) is 0.740. The van der Waals surface area contributed by atoms with E-state index >= 15 is 0 Å². The molecule has 1 aromatic rings. The van der Waals surface area contributed by atoms with Gasteiger partial charge in [0.15, 0.2) is 9.84 Å². The Morgan fingerprint density at radius 1 is 1.40 bits per heavy atom. The van der Waals surface area contributed by atoms with Crippen molar-refractivity contribution in [3.63, 3.8) is 0 Å². The van der Waals surface area contributed by atoms with Gasteiger partial charge in [-0.2, -0.15) is 0 Å². The minimum Gasteiger partial charge on any atom is -0.480 e. The van der Waals surface area contributed by atoms with Crippen molar-refractivity contribution in [1.29, 1.82) is 0 Å². The first-order chi connectivity index (χ1) is 9.36. The van der Waals surface area contributed by atoms with Gasteiger partial charge in [-0.25, -0.2) is 8.42 Å². The second-order valence-electron chi connectivity index (χ2n) is 4.89. The van der Waals surface area contributed by atoms with E-state index in [1.807, 2.05) is 0 Å². The van der Waals surface area contributed by atoms with Crippen LogP contribution in [0.15, 0.2) is 34.1 Å². The van der Waals surface area contributed by atoms with Gasteiger partial charge in [0.05, 0.1) is 4.90 Å². The number of hydrogen-bond donors (Lipinski definition) is 2. The van der Waals surface area contributed by atoms with E-state index in [-0.39, 0.29) is 4.90 Å². The molecule has 0 bridgehead atoms. The maximum Gasteiger partial charge on any atom is 0.321 e. The van der Waals surface area contributed by atoms with Crippen LogP contribution in [-0.2, 0) is 14.6 Å². The molecule has 2 N–H and O–H groups in total. The van der Waals surface area contributed by atoms with E-state index in [2.05, 4.69) is 5.32 Å². The number of carboxylic acids is 1. The van der Waals surface area contributed by atoms with Crippen LogP contribution in [0.25, 0.3) is 0 Å². The van der Waals surface area contributed by atoms with E-state index in [1.165, 1.54) is 11.8 Å². The summed E-state index contributed by atoms with van der Waals surface area (Å²) < 4.78 is 22.7. The minimum absolute atomic E-state index is 0.271. The fraction of sp³-hybridized carbons (Fsp3) is 0.462. The number of benzene rings is 1. The van der Waals surface area contributed by atoms with Gasteiger partial charge in [0, 0.05) is 22.9 Å². The summed E-state index contributed by atoms with van der Waals surface area (Å²) in [5, 5.41) is 12.2. The number of nitrogens with one attached hydrogen (secondary N) is 1. The summed E-state index contributed by atoms with van der Waals surface area (Å²) in [5.41, 5.74) is 0. The van der Waals surface area contributed by atoms with Crippen molar-refractivity contribution in [1.82, 2.24) is 5.32 Å². The molecule has 2 rings (SSSR count). The molecule has 0 spiro atoms. The summed E-state index contributed by atoms with van der Waals surface area (Å²) in [6.07, 6.45) is 3.24. The van der Waals surface area contributed by atoms with Gasteiger partial charge in [0.25, 0.3) is 0 Å². The molecule has 1 aliphatic rings. The van der Waals surface area contributed by atoms with Gasteiger partial charge in [-0.1, -0.05) is 0 Å². The number of rotatable bonds is 7. The van der Waals surface area contributed by atoms with Crippen LogP contribution in [0.5, 0.6) is 0 Å². The molecule has 1 saturated carbocycles. The summed E-state index contributed by atoms with van der Waals surface area (Å²) in [6, 6.07) is 6.27. The molecule has 5 nitrogen and oxygen atoms in total. The zero-order chi connectivity index (χ0) is 14.8. The molecule has 0 saturated heterocycles. The van der Waals surface area contributed by atoms with Crippen LogP contribution in [0, 0.1) is 0 Å². The predicted molar refractivity (Wildman–Crippen MR) is 77.9 cm³/mol. The molecule has 1 atom stereocenters. The van der Waals surface area contributed by atoms with Gasteiger partial charge >= 0.3 is 5.97 Å². The second kappa shape index (κ2) is 6.15. The van der Waals surface area contributed by atoms with Crippen LogP contribution in [0.2, 0.25) is 0 Å². The molecule has 0 aliphatic heterocycles. The highest BCUT2D eigenvalue weighted by atomic mass is 32.2. The average molecular weight is 315 g/mol. The summed E-state index contributed by atoms with van der Waals surface area (Å²) in [5.74, 6) is -0.429. The SMILES string of the molecule is CS(=O)(=O)c1ccc(SCC(NC2CC2)C(=O)O)cc1. The Bertz CT molecular complexity index is 579. The molecule has 0 aromatic heterocycles. The van der Waals surface area contributed by atoms with E-state index in [0.29, 0.717) is 11.8 Å². The number of sulfone groups is 1. The van der Waals surface area contributed by atoms with Crippen molar-refractivity contribution < 1.29 is 18.3 Å². The lowest BCUT2D eigenvalue weighted by atomic mass is 10.3. The van der Waals surface area contributed by atoms with Crippen LogP contribution in [-0.4, -0.2) is 43.6 Å². The zero-order valence-corrected chi connectivity index (χ0v) is 12.7. The van der Waals surface area contributed by atoms with E-state index in [9.17, 15) is 13.2 Å². The van der Waals surface area contributed by atoms with Gasteiger partial charge in [0.2, 0.25) is 0 Å². The lowest BCUT2D eigenvalue weighted by Gasteiger charge is -2.13. The Morgan fingerprint density at radius 2 is 2.00 bits per heavy atom. The van der Waals surface area contributed by atoms with Gasteiger partial charge in [0.1, 0.15) is 6.04 Å². The third kappa shape index (κ3) is 4.50. The van der Waals surface area contributed by atoms with Crippen LogP contribution >= 0.6 is 11.8 Å². The summed E-state index contributed by atoms with van der Waals surface area (Å²) >= 11 is 1.41. The molecule has 0 amide bonds. The molecular formula is C13H17NO4S2. The van der Waals surface area contributed by atoms with Crippen LogP contribution in [0.3, 0.4) is 0 Å².